The molecular formula is C30H52O. The van der Waals surface area contributed by atoms with Crippen molar-refractivity contribution in [2.75, 3.05) is 0 Å². The van der Waals surface area contributed by atoms with Crippen molar-refractivity contribution < 1.29 is 5.11 Å². The Labute approximate surface area is 193 Å². The van der Waals surface area contributed by atoms with Crippen LogP contribution in [0, 0.1) is 45.3 Å². The van der Waals surface area contributed by atoms with E-state index in [0.29, 0.717) is 22.2 Å². The van der Waals surface area contributed by atoms with Crippen LogP contribution >= 0.6 is 0 Å². The molecule has 4 aliphatic carbocycles. The first-order valence-electron chi connectivity index (χ1n) is 13.8. The highest BCUT2D eigenvalue weighted by molar-refractivity contribution is 5.38. The molecule has 0 bridgehead atoms. The van der Waals surface area contributed by atoms with Gasteiger partial charge in [0.15, 0.2) is 0 Å². The average Bonchev–Trinajstić information content (AvgIpc) is 2.96. The molecule has 0 radical (unpaired) electrons. The molecule has 0 amide bonds. The van der Waals surface area contributed by atoms with Crippen molar-refractivity contribution in [3.63, 3.8) is 0 Å². The zero-order valence-electron chi connectivity index (χ0n) is 22.1. The Hall–Kier alpha value is -0.300. The van der Waals surface area contributed by atoms with Gasteiger partial charge in [-0.05, 0) is 96.7 Å². The van der Waals surface area contributed by atoms with E-state index in [-0.39, 0.29) is 11.5 Å². The lowest BCUT2D eigenvalue weighted by atomic mass is 9.43. The lowest BCUT2D eigenvalue weighted by Crippen LogP contribution is -2.55. The second-order valence-corrected chi connectivity index (χ2v) is 14.0. The maximum absolute atomic E-state index is 10.8. The third-order valence-corrected chi connectivity index (χ3v) is 11.9. The molecule has 0 spiro atoms. The van der Waals surface area contributed by atoms with E-state index in [9.17, 15) is 5.11 Å². The average molecular weight is 429 g/mol. The molecule has 0 saturated heterocycles. The van der Waals surface area contributed by atoms with Gasteiger partial charge in [0.05, 0.1) is 6.10 Å². The summed E-state index contributed by atoms with van der Waals surface area (Å²) in [6.07, 6.45) is 14.4. The number of hydrogen-bond acceptors (Lipinski definition) is 1. The summed E-state index contributed by atoms with van der Waals surface area (Å²) in [7, 11) is 0. The lowest BCUT2D eigenvalue weighted by Gasteiger charge is -2.62. The van der Waals surface area contributed by atoms with E-state index in [2.05, 4.69) is 55.4 Å². The van der Waals surface area contributed by atoms with Crippen LogP contribution in [0.15, 0.2) is 11.1 Å². The van der Waals surface area contributed by atoms with Crippen LogP contribution < -0.4 is 0 Å². The molecular weight excluding hydrogens is 376 g/mol. The van der Waals surface area contributed by atoms with Crippen LogP contribution in [0.2, 0.25) is 0 Å². The van der Waals surface area contributed by atoms with Gasteiger partial charge in [-0.3, -0.25) is 0 Å². The van der Waals surface area contributed by atoms with Crippen molar-refractivity contribution in [2.45, 2.75) is 132 Å². The monoisotopic (exact) mass is 428 g/mol. The van der Waals surface area contributed by atoms with Crippen molar-refractivity contribution in [3.05, 3.63) is 11.1 Å². The van der Waals surface area contributed by atoms with Crippen LogP contribution in [-0.4, -0.2) is 11.2 Å². The minimum absolute atomic E-state index is 0.0519. The molecule has 0 aromatic rings. The van der Waals surface area contributed by atoms with E-state index in [4.69, 9.17) is 0 Å². The van der Waals surface area contributed by atoms with Crippen molar-refractivity contribution in [3.8, 4) is 0 Å². The van der Waals surface area contributed by atoms with Crippen LogP contribution in [0.5, 0.6) is 0 Å². The van der Waals surface area contributed by atoms with Gasteiger partial charge in [-0.1, -0.05) is 85.8 Å². The SMILES string of the molecule is CC(C)CCC[C@@H](C)[C@H]1CCC2(C)C3=C(CC[C@]12C)[C@@]1(C)CC[C@H](O)C(C)(C)[C@@H]1CC3. The minimum atomic E-state index is -0.125. The van der Waals surface area contributed by atoms with Crippen molar-refractivity contribution in [1.29, 1.82) is 0 Å². The Balaban J connectivity index is 1.63. The van der Waals surface area contributed by atoms with Crippen molar-refractivity contribution in [1.82, 2.24) is 0 Å². The minimum Gasteiger partial charge on any atom is -0.393 e. The molecule has 0 aromatic heterocycles. The summed E-state index contributed by atoms with van der Waals surface area (Å²) < 4.78 is 0. The highest BCUT2D eigenvalue weighted by Crippen LogP contribution is 2.72. The van der Waals surface area contributed by atoms with Gasteiger partial charge >= 0.3 is 0 Å². The van der Waals surface area contributed by atoms with Gasteiger partial charge in [-0.2, -0.15) is 0 Å². The highest BCUT2D eigenvalue weighted by Gasteiger charge is 2.63. The first kappa shape index (κ1) is 23.8. The Kier molecular flexibility index (Phi) is 6.07. The fourth-order valence-electron chi connectivity index (χ4n) is 9.68. The number of aliphatic hydroxyl groups excluding tert-OH is 1. The molecule has 2 saturated carbocycles. The molecule has 2 fully saturated rings. The van der Waals surface area contributed by atoms with E-state index in [1.165, 1.54) is 64.2 Å². The summed E-state index contributed by atoms with van der Waals surface area (Å²) in [4.78, 5) is 0. The zero-order chi connectivity index (χ0) is 22.8. The molecule has 31 heavy (non-hydrogen) atoms. The molecule has 7 atom stereocenters. The van der Waals surface area contributed by atoms with E-state index in [0.717, 1.165) is 24.2 Å². The molecule has 1 unspecified atom stereocenters. The normalized spacial score (nSPS) is 45.3. The fourth-order valence-corrected chi connectivity index (χ4v) is 9.68. The topological polar surface area (TPSA) is 20.2 Å². The summed E-state index contributed by atoms with van der Waals surface area (Å²) in [5.74, 6) is 3.24. The van der Waals surface area contributed by atoms with Crippen molar-refractivity contribution >= 4 is 0 Å². The molecule has 1 N–H and O–H groups in total. The van der Waals surface area contributed by atoms with E-state index in [1.807, 2.05) is 11.1 Å². The number of hydrogen-bond donors (Lipinski definition) is 1. The van der Waals surface area contributed by atoms with Crippen molar-refractivity contribution in [2.24, 2.45) is 45.3 Å². The predicted octanol–water partition coefficient (Wildman–Crippen LogP) is 8.56. The Morgan fingerprint density at radius 3 is 2.23 bits per heavy atom. The quantitative estimate of drug-likeness (QED) is 0.435. The van der Waals surface area contributed by atoms with E-state index < -0.39 is 0 Å². The maximum Gasteiger partial charge on any atom is 0.0594 e. The van der Waals surface area contributed by atoms with Crippen LogP contribution in [0.25, 0.3) is 0 Å². The smallest absolute Gasteiger partial charge is 0.0594 e. The second kappa shape index (κ2) is 7.89. The Bertz CT molecular complexity index is 716. The number of allylic oxidation sites excluding steroid dienone is 2. The molecule has 4 aliphatic rings. The van der Waals surface area contributed by atoms with Crippen LogP contribution in [0.4, 0.5) is 0 Å². The van der Waals surface area contributed by atoms with E-state index >= 15 is 0 Å². The highest BCUT2D eigenvalue weighted by atomic mass is 16.3. The van der Waals surface area contributed by atoms with Crippen LogP contribution in [0.1, 0.15) is 126 Å². The molecule has 1 heteroatoms. The van der Waals surface area contributed by atoms with Gasteiger partial charge in [0, 0.05) is 0 Å². The molecule has 178 valence electrons. The van der Waals surface area contributed by atoms with Crippen LogP contribution in [0.3, 0.4) is 0 Å². The molecule has 1 nitrogen and oxygen atoms in total. The predicted molar refractivity (Wildman–Crippen MR) is 133 cm³/mol. The van der Waals surface area contributed by atoms with Gasteiger partial charge in [-0.25, -0.2) is 0 Å². The van der Waals surface area contributed by atoms with Crippen LogP contribution in [-0.2, 0) is 0 Å². The molecule has 0 aromatic carbocycles. The molecule has 0 aliphatic heterocycles. The standard InChI is InChI=1S/C30H52O/c1-20(2)10-9-11-21(3)22-14-18-30(8)24-12-13-25-27(4,5)26(31)16-17-28(25,6)23(24)15-19-29(22,30)7/h20-22,25-26,31H,9-19H2,1-8H3/t21-,22-,25+,26+,28-,29-,30?/m1/s1. The summed E-state index contributed by atoms with van der Waals surface area (Å²) in [5, 5.41) is 10.8. The summed E-state index contributed by atoms with van der Waals surface area (Å²) in [6, 6.07) is 0. The zero-order valence-corrected chi connectivity index (χ0v) is 22.1. The summed E-state index contributed by atoms with van der Waals surface area (Å²) in [6.45, 7) is 20.0. The third kappa shape index (κ3) is 3.41. The number of aliphatic hydroxyl groups is 1. The van der Waals surface area contributed by atoms with E-state index in [1.54, 1.807) is 0 Å². The summed E-state index contributed by atoms with van der Waals surface area (Å²) in [5.41, 5.74) is 5.01. The van der Waals surface area contributed by atoms with Gasteiger partial charge in [-0.15, -0.1) is 0 Å². The molecule has 4 rings (SSSR count). The largest absolute Gasteiger partial charge is 0.393 e. The fraction of sp³-hybridized carbons (Fsp3) is 0.933. The Morgan fingerprint density at radius 2 is 1.55 bits per heavy atom. The maximum atomic E-state index is 10.8. The van der Waals surface area contributed by atoms with Gasteiger partial charge < -0.3 is 5.11 Å². The lowest BCUT2D eigenvalue weighted by molar-refractivity contribution is -0.0962. The van der Waals surface area contributed by atoms with Gasteiger partial charge in [0.2, 0.25) is 0 Å². The first-order chi connectivity index (χ1) is 14.4. The first-order valence-corrected chi connectivity index (χ1v) is 13.8. The van der Waals surface area contributed by atoms with Gasteiger partial charge in [0.25, 0.3) is 0 Å². The third-order valence-electron chi connectivity index (χ3n) is 11.9. The second-order valence-electron chi connectivity index (χ2n) is 14.0. The summed E-state index contributed by atoms with van der Waals surface area (Å²) >= 11 is 0. The molecule has 0 heterocycles. The Morgan fingerprint density at radius 1 is 0.839 bits per heavy atom. The number of rotatable bonds is 5. The number of fused-ring (bicyclic) bond motifs is 4. The van der Waals surface area contributed by atoms with Gasteiger partial charge in [0.1, 0.15) is 0 Å².